The van der Waals surface area contributed by atoms with Crippen LogP contribution in [0.3, 0.4) is 0 Å². The summed E-state index contributed by atoms with van der Waals surface area (Å²) in [4.78, 5) is 27.6. The van der Waals surface area contributed by atoms with Gasteiger partial charge in [0.05, 0.1) is 10.7 Å². The van der Waals surface area contributed by atoms with Crippen molar-refractivity contribution in [2.75, 3.05) is 12.0 Å². The van der Waals surface area contributed by atoms with E-state index in [2.05, 4.69) is 15.6 Å². The average Bonchev–Trinajstić information content (AvgIpc) is 2.76. The third kappa shape index (κ3) is 5.44. The molecular formula is C20H17ClN4O4. The van der Waals surface area contributed by atoms with Crippen molar-refractivity contribution in [1.29, 1.82) is 0 Å². The van der Waals surface area contributed by atoms with Gasteiger partial charge in [0.15, 0.2) is 6.73 Å². The number of aromatic nitrogens is 1. The van der Waals surface area contributed by atoms with Gasteiger partial charge in [0.25, 0.3) is 5.91 Å². The Hall–Kier alpha value is -3.62. The lowest BCUT2D eigenvalue weighted by molar-refractivity contribution is 0.102. The summed E-state index contributed by atoms with van der Waals surface area (Å²) < 4.78 is 5.27. The lowest BCUT2D eigenvalue weighted by Gasteiger charge is -2.10. The number of nitrogens with zero attached hydrogens (tertiary/aromatic N) is 1. The van der Waals surface area contributed by atoms with Crippen LogP contribution in [-0.4, -0.2) is 28.9 Å². The fourth-order valence-electron chi connectivity index (χ4n) is 2.45. The second kappa shape index (κ2) is 9.54. The molecule has 0 saturated carbocycles. The van der Waals surface area contributed by atoms with Crippen molar-refractivity contribution in [3.05, 3.63) is 77.4 Å². The molecule has 1 heterocycles. The molecule has 0 bridgehead atoms. The van der Waals surface area contributed by atoms with Gasteiger partial charge in [0, 0.05) is 23.0 Å². The topological polar surface area (TPSA) is 113 Å². The summed E-state index contributed by atoms with van der Waals surface area (Å²) in [7, 11) is 0. The Morgan fingerprint density at radius 3 is 2.55 bits per heavy atom. The van der Waals surface area contributed by atoms with Crippen LogP contribution in [0.2, 0.25) is 5.02 Å². The molecule has 9 heteroatoms. The highest BCUT2D eigenvalue weighted by Gasteiger charge is 2.10. The van der Waals surface area contributed by atoms with Crippen LogP contribution in [0.25, 0.3) is 11.3 Å². The Morgan fingerprint density at radius 1 is 1.07 bits per heavy atom. The summed E-state index contributed by atoms with van der Waals surface area (Å²) in [6.07, 6.45) is 1.67. The molecule has 148 valence electrons. The summed E-state index contributed by atoms with van der Waals surface area (Å²) in [5.41, 5.74) is 3.85. The molecule has 0 atom stereocenters. The first-order valence-corrected chi connectivity index (χ1v) is 8.88. The van der Waals surface area contributed by atoms with Crippen LogP contribution in [0.4, 0.5) is 10.5 Å². The number of benzene rings is 2. The molecule has 0 unspecified atom stereocenters. The van der Waals surface area contributed by atoms with Crippen molar-refractivity contribution in [3.8, 4) is 17.0 Å². The molecule has 3 aromatic rings. The minimum Gasteiger partial charge on any atom is -0.473 e. The number of anilines is 1. The SMILES string of the molecule is O=C(NO)NCOc1ccc(C(=O)Nc2ccc(Cl)c(-c3ccccn3)c2)cc1. The maximum Gasteiger partial charge on any atom is 0.341 e. The monoisotopic (exact) mass is 412 g/mol. The summed E-state index contributed by atoms with van der Waals surface area (Å²) >= 11 is 6.26. The van der Waals surface area contributed by atoms with Crippen molar-refractivity contribution in [2.24, 2.45) is 0 Å². The zero-order chi connectivity index (χ0) is 20.6. The molecule has 0 fully saturated rings. The fourth-order valence-corrected chi connectivity index (χ4v) is 2.67. The van der Waals surface area contributed by atoms with Crippen LogP contribution < -0.4 is 20.9 Å². The number of hydrogen-bond donors (Lipinski definition) is 4. The van der Waals surface area contributed by atoms with E-state index in [1.165, 1.54) is 5.48 Å². The number of hydroxylamine groups is 1. The summed E-state index contributed by atoms with van der Waals surface area (Å²) in [6, 6.07) is 16.3. The Balaban J connectivity index is 1.65. The van der Waals surface area contributed by atoms with E-state index >= 15 is 0 Å². The first-order valence-electron chi connectivity index (χ1n) is 8.50. The molecule has 0 radical (unpaired) electrons. The number of ether oxygens (including phenoxy) is 1. The van der Waals surface area contributed by atoms with Crippen LogP contribution in [0.5, 0.6) is 5.75 Å². The van der Waals surface area contributed by atoms with Gasteiger partial charge in [-0.05, 0) is 54.6 Å². The van der Waals surface area contributed by atoms with Gasteiger partial charge in [-0.3, -0.25) is 15.0 Å². The predicted molar refractivity (Wildman–Crippen MR) is 108 cm³/mol. The zero-order valence-corrected chi connectivity index (χ0v) is 15.8. The Kier molecular flexibility index (Phi) is 6.62. The zero-order valence-electron chi connectivity index (χ0n) is 15.1. The van der Waals surface area contributed by atoms with Crippen LogP contribution >= 0.6 is 11.6 Å². The van der Waals surface area contributed by atoms with Crippen molar-refractivity contribution in [2.45, 2.75) is 0 Å². The summed E-state index contributed by atoms with van der Waals surface area (Å²) in [6.45, 7) is -0.140. The quantitative estimate of drug-likeness (QED) is 0.280. The molecule has 0 spiro atoms. The number of urea groups is 1. The molecule has 0 aliphatic carbocycles. The average molecular weight is 413 g/mol. The Bertz CT molecular complexity index is 997. The molecular weight excluding hydrogens is 396 g/mol. The Morgan fingerprint density at radius 2 is 1.86 bits per heavy atom. The molecule has 1 aromatic heterocycles. The third-order valence-corrected chi connectivity index (χ3v) is 4.18. The number of carbonyl (C=O) groups is 2. The van der Waals surface area contributed by atoms with Crippen LogP contribution in [-0.2, 0) is 0 Å². The van der Waals surface area contributed by atoms with Gasteiger partial charge in [0.1, 0.15) is 5.75 Å². The van der Waals surface area contributed by atoms with Gasteiger partial charge in [-0.2, -0.15) is 0 Å². The normalized spacial score (nSPS) is 10.1. The van der Waals surface area contributed by atoms with E-state index in [4.69, 9.17) is 21.5 Å². The Labute approximate surface area is 171 Å². The number of nitrogens with one attached hydrogen (secondary N) is 3. The number of halogens is 1. The van der Waals surface area contributed by atoms with Gasteiger partial charge in [0.2, 0.25) is 0 Å². The highest BCUT2D eigenvalue weighted by atomic mass is 35.5. The van der Waals surface area contributed by atoms with Crippen LogP contribution in [0.1, 0.15) is 10.4 Å². The van der Waals surface area contributed by atoms with Crippen LogP contribution in [0, 0.1) is 0 Å². The third-order valence-electron chi connectivity index (χ3n) is 3.85. The maximum absolute atomic E-state index is 12.5. The maximum atomic E-state index is 12.5. The highest BCUT2D eigenvalue weighted by molar-refractivity contribution is 6.33. The first-order chi connectivity index (χ1) is 14.1. The number of carbonyl (C=O) groups excluding carboxylic acids is 2. The summed E-state index contributed by atoms with van der Waals surface area (Å²) in [5, 5.41) is 14.0. The number of hydrogen-bond acceptors (Lipinski definition) is 5. The molecule has 3 rings (SSSR count). The number of amides is 3. The van der Waals surface area contributed by atoms with Crippen molar-refractivity contribution in [3.63, 3.8) is 0 Å². The van der Waals surface area contributed by atoms with E-state index in [-0.39, 0.29) is 12.6 Å². The molecule has 0 aliphatic rings. The largest absolute Gasteiger partial charge is 0.473 e. The number of rotatable bonds is 6. The highest BCUT2D eigenvalue weighted by Crippen LogP contribution is 2.29. The van der Waals surface area contributed by atoms with E-state index in [9.17, 15) is 9.59 Å². The molecule has 3 amide bonds. The van der Waals surface area contributed by atoms with Crippen molar-refractivity contribution >= 4 is 29.2 Å². The van der Waals surface area contributed by atoms with Gasteiger partial charge in [-0.25, -0.2) is 10.3 Å². The molecule has 29 heavy (non-hydrogen) atoms. The van der Waals surface area contributed by atoms with Crippen LogP contribution in [0.15, 0.2) is 66.9 Å². The second-order valence-corrected chi connectivity index (χ2v) is 6.20. The predicted octanol–water partition coefficient (Wildman–Crippen LogP) is 3.68. The van der Waals surface area contributed by atoms with Gasteiger partial charge < -0.3 is 15.4 Å². The molecule has 4 N–H and O–H groups in total. The smallest absolute Gasteiger partial charge is 0.341 e. The molecule has 2 aromatic carbocycles. The van der Waals surface area contributed by atoms with E-state index in [0.29, 0.717) is 33.3 Å². The molecule has 0 aliphatic heterocycles. The van der Waals surface area contributed by atoms with Gasteiger partial charge >= 0.3 is 6.03 Å². The minimum atomic E-state index is -0.783. The van der Waals surface area contributed by atoms with Crippen molar-refractivity contribution in [1.82, 2.24) is 15.8 Å². The van der Waals surface area contributed by atoms with Crippen molar-refractivity contribution < 1.29 is 19.5 Å². The van der Waals surface area contributed by atoms with Gasteiger partial charge in [-0.15, -0.1) is 0 Å². The first kappa shape index (κ1) is 20.1. The number of pyridine rings is 1. The second-order valence-electron chi connectivity index (χ2n) is 5.79. The van der Waals surface area contributed by atoms with E-state index in [1.807, 2.05) is 18.2 Å². The molecule has 0 saturated heterocycles. The summed E-state index contributed by atoms with van der Waals surface area (Å²) in [5.74, 6) is 0.146. The van der Waals surface area contributed by atoms with E-state index in [1.54, 1.807) is 48.7 Å². The standard InChI is InChI=1S/C20H17ClN4O4/c21-17-9-6-14(11-16(17)18-3-1-2-10-22-18)24-19(26)13-4-7-15(8-5-13)29-12-23-20(27)25-28/h1-11,28H,12H2,(H,24,26)(H2,23,25,27). The lowest BCUT2D eigenvalue weighted by Crippen LogP contribution is -2.35. The van der Waals surface area contributed by atoms with E-state index < -0.39 is 6.03 Å². The lowest BCUT2D eigenvalue weighted by atomic mass is 10.1. The van der Waals surface area contributed by atoms with E-state index in [0.717, 1.165) is 0 Å². The molecule has 8 nitrogen and oxygen atoms in total. The fraction of sp³-hybridized carbons (Fsp3) is 0.0500. The van der Waals surface area contributed by atoms with Gasteiger partial charge in [-0.1, -0.05) is 17.7 Å². The minimum absolute atomic E-state index is 0.140.